The number of piperazine rings is 1. The molecule has 0 N–H and O–H groups in total. The quantitative estimate of drug-likeness (QED) is 0.604. The number of hydrogen-bond acceptors (Lipinski definition) is 4. The van der Waals surface area contributed by atoms with E-state index in [2.05, 4.69) is 52.0 Å². The van der Waals surface area contributed by atoms with Gasteiger partial charge in [-0.2, -0.15) is 0 Å². The summed E-state index contributed by atoms with van der Waals surface area (Å²) in [6, 6.07) is 21.3. The van der Waals surface area contributed by atoms with Crippen molar-refractivity contribution in [3.8, 4) is 5.69 Å². The lowest BCUT2D eigenvalue weighted by Gasteiger charge is -2.44. The minimum absolute atomic E-state index is 0.111. The molecule has 2 fully saturated rings. The maximum atomic E-state index is 13.3. The second-order valence-electron chi connectivity index (χ2n) is 9.43. The Kier molecular flexibility index (Phi) is 6.38. The maximum absolute atomic E-state index is 13.3. The predicted octanol–water partition coefficient (Wildman–Crippen LogP) is 3.27. The number of nitrogens with zero attached hydrogens (tertiary/aromatic N) is 5. The van der Waals surface area contributed by atoms with Crippen molar-refractivity contribution < 1.29 is 0 Å². The van der Waals surface area contributed by atoms with Crippen LogP contribution in [0.2, 0.25) is 0 Å². The summed E-state index contributed by atoms with van der Waals surface area (Å²) in [6.07, 6.45) is 2.45. The maximum Gasteiger partial charge on any atom is 0.276 e. The van der Waals surface area contributed by atoms with Crippen molar-refractivity contribution in [2.24, 2.45) is 7.05 Å². The highest BCUT2D eigenvalue weighted by molar-refractivity contribution is 5.46. The number of benzene rings is 2. The number of para-hydroxylation sites is 2. The Hall–Kier alpha value is -2.83. The van der Waals surface area contributed by atoms with E-state index in [1.807, 2.05) is 42.1 Å². The average molecular weight is 446 g/mol. The number of aromatic nitrogens is 2. The summed E-state index contributed by atoms with van der Waals surface area (Å²) in [5.74, 6) is 0. The normalized spacial score (nSPS) is 20.3. The number of hydrogen-bond donors (Lipinski definition) is 0. The molecule has 0 saturated carbocycles. The van der Waals surface area contributed by atoms with E-state index in [0.29, 0.717) is 6.04 Å². The van der Waals surface area contributed by atoms with Crippen LogP contribution in [0.1, 0.15) is 24.1 Å². The molecule has 2 aliphatic heterocycles. The molecule has 5 rings (SSSR count). The first-order chi connectivity index (χ1) is 16.1. The van der Waals surface area contributed by atoms with Crippen molar-refractivity contribution >= 4 is 5.69 Å². The Morgan fingerprint density at radius 1 is 0.848 bits per heavy atom. The minimum Gasteiger partial charge on any atom is -0.369 e. The van der Waals surface area contributed by atoms with Crippen LogP contribution in [0.3, 0.4) is 0 Å². The third-order valence-corrected chi connectivity index (χ3v) is 7.49. The second kappa shape index (κ2) is 9.57. The van der Waals surface area contributed by atoms with Gasteiger partial charge in [-0.05, 0) is 50.6 Å². The van der Waals surface area contributed by atoms with Crippen LogP contribution in [-0.4, -0.2) is 64.5 Å². The van der Waals surface area contributed by atoms with Crippen molar-refractivity contribution in [3.05, 3.63) is 82.3 Å². The number of anilines is 1. The van der Waals surface area contributed by atoms with E-state index < -0.39 is 0 Å². The monoisotopic (exact) mass is 445 g/mol. The summed E-state index contributed by atoms with van der Waals surface area (Å²) in [5, 5.41) is 0. The van der Waals surface area contributed by atoms with Gasteiger partial charge in [-0.3, -0.25) is 19.3 Å². The molecule has 2 aliphatic rings. The van der Waals surface area contributed by atoms with Gasteiger partial charge in [0.05, 0.1) is 11.3 Å². The van der Waals surface area contributed by atoms with Gasteiger partial charge in [-0.15, -0.1) is 0 Å². The summed E-state index contributed by atoms with van der Waals surface area (Å²) in [6.45, 7) is 9.31. The smallest absolute Gasteiger partial charge is 0.276 e. The Balaban J connectivity index is 1.25. The molecule has 1 aromatic heterocycles. The van der Waals surface area contributed by atoms with E-state index >= 15 is 0 Å². The van der Waals surface area contributed by atoms with Crippen LogP contribution in [0.15, 0.2) is 65.5 Å². The molecule has 0 amide bonds. The van der Waals surface area contributed by atoms with Gasteiger partial charge in [0.25, 0.3) is 5.56 Å². The van der Waals surface area contributed by atoms with E-state index in [1.54, 1.807) is 4.68 Å². The van der Waals surface area contributed by atoms with E-state index in [9.17, 15) is 4.79 Å². The van der Waals surface area contributed by atoms with E-state index in [1.165, 1.54) is 18.5 Å². The Bertz CT molecular complexity index is 1110. The highest BCUT2D eigenvalue weighted by atomic mass is 16.1. The lowest BCUT2D eigenvalue weighted by atomic mass is 10.0. The third kappa shape index (κ3) is 4.50. The standard InChI is InChI=1S/C27H35N5O/c1-22-26(27(33)32(28(22)2)24-12-7-4-8-13-24)21-29-15-9-14-25(20-29)31-18-16-30(17-19-31)23-10-5-3-6-11-23/h3-8,10-13,25H,9,14-21H2,1-2H3/t25-/m0/s1. The van der Waals surface area contributed by atoms with Crippen molar-refractivity contribution in [3.63, 3.8) is 0 Å². The van der Waals surface area contributed by atoms with Gasteiger partial charge < -0.3 is 4.90 Å². The molecule has 0 spiro atoms. The summed E-state index contributed by atoms with van der Waals surface area (Å²) in [7, 11) is 1.98. The molecular weight excluding hydrogens is 410 g/mol. The Morgan fingerprint density at radius 3 is 2.15 bits per heavy atom. The van der Waals surface area contributed by atoms with Gasteiger partial charge in [0.1, 0.15) is 0 Å². The molecule has 174 valence electrons. The molecule has 1 atom stereocenters. The fourth-order valence-electron chi connectivity index (χ4n) is 5.49. The van der Waals surface area contributed by atoms with Crippen LogP contribution in [0.5, 0.6) is 0 Å². The number of piperidine rings is 1. The summed E-state index contributed by atoms with van der Waals surface area (Å²) in [5.41, 5.74) is 4.35. The van der Waals surface area contributed by atoms with Gasteiger partial charge >= 0.3 is 0 Å². The lowest BCUT2D eigenvalue weighted by molar-refractivity contribution is 0.0885. The lowest BCUT2D eigenvalue weighted by Crippen LogP contribution is -2.55. The van der Waals surface area contributed by atoms with Gasteiger partial charge in [-0.25, -0.2) is 4.68 Å². The van der Waals surface area contributed by atoms with Gasteiger partial charge in [-0.1, -0.05) is 36.4 Å². The summed E-state index contributed by atoms with van der Waals surface area (Å²) in [4.78, 5) is 21.0. The number of likely N-dealkylation sites (tertiary alicyclic amines) is 1. The topological polar surface area (TPSA) is 36.6 Å². The van der Waals surface area contributed by atoms with Gasteiger partial charge in [0.2, 0.25) is 0 Å². The zero-order valence-corrected chi connectivity index (χ0v) is 19.9. The molecule has 3 aromatic rings. The highest BCUT2D eigenvalue weighted by Crippen LogP contribution is 2.22. The molecule has 0 radical (unpaired) electrons. The molecule has 0 aliphatic carbocycles. The summed E-state index contributed by atoms with van der Waals surface area (Å²) >= 11 is 0. The highest BCUT2D eigenvalue weighted by Gasteiger charge is 2.29. The van der Waals surface area contributed by atoms with Crippen molar-refractivity contribution in [1.29, 1.82) is 0 Å². The SMILES string of the molecule is Cc1c(CN2CCC[C@H](N3CCN(c4ccccc4)CC3)C2)c(=O)n(-c2ccccc2)n1C. The zero-order valence-electron chi connectivity index (χ0n) is 19.9. The average Bonchev–Trinajstić information content (AvgIpc) is 3.08. The fraction of sp³-hybridized carbons (Fsp3) is 0.444. The van der Waals surface area contributed by atoms with Crippen LogP contribution in [-0.2, 0) is 13.6 Å². The van der Waals surface area contributed by atoms with Gasteiger partial charge in [0.15, 0.2) is 0 Å². The predicted molar refractivity (Wildman–Crippen MR) is 134 cm³/mol. The van der Waals surface area contributed by atoms with Crippen molar-refractivity contribution in [1.82, 2.24) is 19.2 Å². The second-order valence-corrected chi connectivity index (χ2v) is 9.43. The molecular formula is C27H35N5O. The Labute approximate surface area is 196 Å². The molecule has 0 bridgehead atoms. The Morgan fingerprint density at radius 2 is 1.48 bits per heavy atom. The molecule has 3 heterocycles. The van der Waals surface area contributed by atoms with Crippen LogP contribution in [0.4, 0.5) is 5.69 Å². The van der Waals surface area contributed by atoms with Crippen LogP contribution in [0, 0.1) is 6.92 Å². The first kappa shape index (κ1) is 22.0. The third-order valence-electron chi connectivity index (χ3n) is 7.49. The summed E-state index contributed by atoms with van der Waals surface area (Å²) < 4.78 is 3.80. The first-order valence-corrected chi connectivity index (χ1v) is 12.2. The van der Waals surface area contributed by atoms with E-state index in [4.69, 9.17) is 0 Å². The first-order valence-electron chi connectivity index (χ1n) is 12.2. The molecule has 33 heavy (non-hydrogen) atoms. The zero-order chi connectivity index (χ0) is 22.8. The molecule has 0 unspecified atom stereocenters. The fourth-order valence-corrected chi connectivity index (χ4v) is 5.49. The number of rotatable bonds is 5. The largest absolute Gasteiger partial charge is 0.369 e. The van der Waals surface area contributed by atoms with Crippen LogP contribution < -0.4 is 10.5 Å². The molecule has 2 saturated heterocycles. The minimum atomic E-state index is 0.111. The van der Waals surface area contributed by atoms with Crippen molar-refractivity contribution in [2.75, 3.05) is 44.2 Å². The molecule has 6 heteroatoms. The van der Waals surface area contributed by atoms with Crippen LogP contribution in [0.25, 0.3) is 5.69 Å². The van der Waals surface area contributed by atoms with E-state index in [-0.39, 0.29) is 5.56 Å². The van der Waals surface area contributed by atoms with Crippen molar-refractivity contribution in [2.45, 2.75) is 32.4 Å². The van der Waals surface area contributed by atoms with Gasteiger partial charge in [0, 0.05) is 63.7 Å². The molecule has 6 nitrogen and oxygen atoms in total. The van der Waals surface area contributed by atoms with Crippen LogP contribution >= 0.6 is 0 Å². The molecule has 2 aromatic carbocycles. The van der Waals surface area contributed by atoms with E-state index in [0.717, 1.165) is 62.8 Å².